The third-order valence-corrected chi connectivity index (χ3v) is 4.67. The molecule has 6 nitrogen and oxygen atoms in total. The van der Waals surface area contributed by atoms with E-state index in [0.29, 0.717) is 16.9 Å². The smallest absolute Gasteiger partial charge is 0.261 e. The maximum atomic E-state index is 12.4. The lowest BCUT2D eigenvalue weighted by atomic mass is 10.0. The van der Waals surface area contributed by atoms with Gasteiger partial charge in [0.1, 0.15) is 5.75 Å². The minimum absolute atomic E-state index is 0.0456. The van der Waals surface area contributed by atoms with Gasteiger partial charge in [-0.05, 0) is 32.0 Å². The number of carbonyl (C=O) groups is 3. The molecule has 1 heterocycles. The van der Waals surface area contributed by atoms with Crippen LogP contribution < -0.4 is 10.1 Å². The standard InChI is InChI=1S/C21H22N2O4/c1-13-8-9-18(27-3)17(12-13)14(2)22-19(24)10-11-23-20(25)15-6-4-5-7-16(15)21(23)26/h4-9,12,14H,10-11H2,1-3H3,(H,22,24)/t14-/m1/s1. The molecule has 0 saturated heterocycles. The zero-order chi connectivity index (χ0) is 19.6. The number of imide groups is 1. The number of carbonyl (C=O) groups excluding carboxylic acids is 3. The van der Waals surface area contributed by atoms with Crippen LogP contribution in [0.4, 0.5) is 0 Å². The Labute approximate surface area is 158 Å². The molecule has 3 rings (SSSR count). The summed E-state index contributed by atoms with van der Waals surface area (Å²) in [6.45, 7) is 3.90. The maximum absolute atomic E-state index is 12.4. The average Bonchev–Trinajstić information content (AvgIpc) is 2.91. The molecule has 0 bridgehead atoms. The molecule has 140 valence electrons. The summed E-state index contributed by atoms with van der Waals surface area (Å²) in [5.41, 5.74) is 2.73. The van der Waals surface area contributed by atoms with Crippen LogP contribution in [0, 0.1) is 6.92 Å². The Morgan fingerprint density at radius 1 is 1.11 bits per heavy atom. The molecule has 2 aromatic rings. The van der Waals surface area contributed by atoms with Crippen molar-refractivity contribution < 1.29 is 19.1 Å². The highest BCUT2D eigenvalue weighted by atomic mass is 16.5. The lowest BCUT2D eigenvalue weighted by Gasteiger charge is -2.19. The van der Waals surface area contributed by atoms with E-state index in [2.05, 4.69) is 5.32 Å². The van der Waals surface area contributed by atoms with Gasteiger partial charge in [-0.3, -0.25) is 19.3 Å². The van der Waals surface area contributed by atoms with Crippen LogP contribution in [-0.4, -0.2) is 36.3 Å². The van der Waals surface area contributed by atoms with Gasteiger partial charge in [-0.15, -0.1) is 0 Å². The molecule has 0 aliphatic carbocycles. The summed E-state index contributed by atoms with van der Waals surface area (Å²) in [4.78, 5) is 38.2. The largest absolute Gasteiger partial charge is 0.496 e. The van der Waals surface area contributed by atoms with Gasteiger partial charge in [-0.2, -0.15) is 0 Å². The van der Waals surface area contributed by atoms with E-state index in [1.165, 1.54) is 0 Å². The van der Waals surface area contributed by atoms with Crippen LogP contribution >= 0.6 is 0 Å². The number of rotatable bonds is 6. The average molecular weight is 366 g/mol. The Morgan fingerprint density at radius 2 is 1.74 bits per heavy atom. The van der Waals surface area contributed by atoms with Crippen LogP contribution in [0.5, 0.6) is 5.75 Å². The Bertz CT molecular complexity index is 872. The second kappa shape index (κ2) is 7.61. The number of amides is 3. The first kappa shape index (κ1) is 18.6. The number of ether oxygens (including phenoxy) is 1. The van der Waals surface area contributed by atoms with E-state index in [1.54, 1.807) is 31.4 Å². The van der Waals surface area contributed by atoms with E-state index in [9.17, 15) is 14.4 Å². The Kier molecular flexibility index (Phi) is 5.26. The molecule has 1 atom stereocenters. The lowest BCUT2D eigenvalue weighted by molar-refractivity contribution is -0.121. The van der Waals surface area contributed by atoms with Crippen molar-refractivity contribution in [3.8, 4) is 5.75 Å². The first-order chi connectivity index (χ1) is 12.9. The van der Waals surface area contributed by atoms with Crippen molar-refractivity contribution >= 4 is 17.7 Å². The fraction of sp³-hybridized carbons (Fsp3) is 0.286. The molecule has 0 saturated carbocycles. The SMILES string of the molecule is COc1ccc(C)cc1[C@@H](C)NC(=O)CCN1C(=O)c2ccccc2C1=O. The predicted octanol–water partition coefficient (Wildman–Crippen LogP) is 2.87. The van der Waals surface area contributed by atoms with Crippen molar-refractivity contribution in [2.24, 2.45) is 0 Å². The molecule has 0 aromatic heterocycles. The van der Waals surface area contributed by atoms with Crippen molar-refractivity contribution in [2.45, 2.75) is 26.3 Å². The van der Waals surface area contributed by atoms with Crippen LogP contribution in [0.3, 0.4) is 0 Å². The highest BCUT2D eigenvalue weighted by Crippen LogP contribution is 2.26. The minimum Gasteiger partial charge on any atom is -0.496 e. The van der Waals surface area contributed by atoms with Gasteiger partial charge in [0.15, 0.2) is 0 Å². The van der Waals surface area contributed by atoms with Gasteiger partial charge in [-0.1, -0.05) is 29.8 Å². The zero-order valence-corrected chi connectivity index (χ0v) is 15.6. The summed E-state index contributed by atoms with van der Waals surface area (Å²) in [6, 6.07) is 12.2. The summed E-state index contributed by atoms with van der Waals surface area (Å²) in [5.74, 6) is -0.232. The van der Waals surface area contributed by atoms with Gasteiger partial charge in [0, 0.05) is 18.5 Å². The summed E-state index contributed by atoms with van der Waals surface area (Å²) in [5, 5.41) is 2.90. The van der Waals surface area contributed by atoms with E-state index < -0.39 is 0 Å². The van der Waals surface area contributed by atoms with Gasteiger partial charge < -0.3 is 10.1 Å². The molecule has 1 aliphatic heterocycles. The molecule has 27 heavy (non-hydrogen) atoms. The van der Waals surface area contributed by atoms with Gasteiger partial charge in [-0.25, -0.2) is 0 Å². The molecule has 1 N–H and O–H groups in total. The third kappa shape index (κ3) is 3.69. The van der Waals surface area contributed by atoms with Crippen LogP contribution in [0.25, 0.3) is 0 Å². The van der Waals surface area contributed by atoms with Crippen LogP contribution in [0.15, 0.2) is 42.5 Å². The molecule has 0 radical (unpaired) electrons. The normalized spacial score (nSPS) is 14.1. The van der Waals surface area contributed by atoms with E-state index in [1.807, 2.05) is 32.0 Å². The van der Waals surface area contributed by atoms with Crippen LogP contribution in [0.1, 0.15) is 51.2 Å². The summed E-state index contributed by atoms with van der Waals surface area (Å²) >= 11 is 0. The first-order valence-corrected chi connectivity index (χ1v) is 8.81. The topological polar surface area (TPSA) is 75.7 Å². The van der Waals surface area contributed by atoms with Gasteiger partial charge in [0.25, 0.3) is 11.8 Å². The highest BCUT2D eigenvalue weighted by molar-refractivity contribution is 6.21. The zero-order valence-electron chi connectivity index (χ0n) is 15.6. The molecule has 3 amide bonds. The Hall–Kier alpha value is -3.15. The number of nitrogens with zero attached hydrogens (tertiary/aromatic N) is 1. The predicted molar refractivity (Wildman–Crippen MR) is 101 cm³/mol. The number of benzene rings is 2. The molecular weight excluding hydrogens is 344 g/mol. The monoisotopic (exact) mass is 366 g/mol. The van der Waals surface area contributed by atoms with Crippen molar-refractivity contribution in [3.05, 3.63) is 64.7 Å². The van der Waals surface area contributed by atoms with Crippen molar-refractivity contribution in [1.82, 2.24) is 10.2 Å². The number of fused-ring (bicyclic) bond motifs is 1. The van der Waals surface area contributed by atoms with Crippen molar-refractivity contribution in [3.63, 3.8) is 0 Å². The molecule has 0 unspecified atom stereocenters. The van der Waals surface area contributed by atoms with Gasteiger partial charge in [0.2, 0.25) is 5.91 Å². The highest BCUT2D eigenvalue weighted by Gasteiger charge is 2.35. The molecule has 0 fully saturated rings. The molecule has 2 aromatic carbocycles. The van der Waals surface area contributed by atoms with Crippen molar-refractivity contribution in [1.29, 1.82) is 0 Å². The van der Waals surface area contributed by atoms with E-state index in [4.69, 9.17) is 4.74 Å². The summed E-state index contributed by atoms with van der Waals surface area (Å²) < 4.78 is 5.36. The summed E-state index contributed by atoms with van der Waals surface area (Å²) in [6.07, 6.45) is 0.0456. The molecule has 6 heteroatoms. The molecule has 1 aliphatic rings. The quantitative estimate of drug-likeness (QED) is 0.798. The number of nitrogens with one attached hydrogen (secondary N) is 1. The van der Waals surface area contributed by atoms with E-state index in [0.717, 1.165) is 16.0 Å². The number of hydrogen-bond acceptors (Lipinski definition) is 4. The number of hydrogen-bond donors (Lipinski definition) is 1. The molecule has 0 spiro atoms. The second-order valence-corrected chi connectivity index (χ2v) is 6.59. The van der Waals surface area contributed by atoms with E-state index >= 15 is 0 Å². The van der Waals surface area contributed by atoms with Crippen molar-refractivity contribution in [2.75, 3.05) is 13.7 Å². The van der Waals surface area contributed by atoms with E-state index in [-0.39, 0.29) is 36.7 Å². The fourth-order valence-corrected chi connectivity index (χ4v) is 3.24. The van der Waals surface area contributed by atoms with Gasteiger partial charge >= 0.3 is 0 Å². The third-order valence-electron chi connectivity index (χ3n) is 4.67. The first-order valence-electron chi connectivity index (χ1n) is 8.81. The van der Waals surface area contributed by atoms with Crippen LogP contribution in [0.2, 0.25) is 0 Å². The second-order valence-electron chi connectivity index (χ2n) is 6.59. The Morgan fingerprint density at radius 3 is 2.33 bits per heavy atom. The fourth-order valence-electron chi connectivity index (χ4n) is 3.24. The number of aryl methyl sites for hydroxylation is 1. The Balaban J connectivity index is 1.62. The van der Waals surface area contributed by atoms with Crippen LogP contribution in [-0.2, 0) is 4.79 Å². The minimum atomic E-state index is -0.350. The maximum Gasteiger partial charge on any atom is 0.261 e. The summed E-state index contributed by atoms with van der Waals surface area (Å²) in [7, 11) is 1.59. The lowest BCUT2D eigenvalue weighted by Crippen LogP contribution is -2.35. The number of methoxy groups -OCH3 is 1. The molecular formula is C21H22N2O4. The van der Waals surface area contributed by atoms with Gasteiger partial charge in [0.05, 0.1) is 24.3 Å².